The van der Waals surface area contributed by atoms with Crippen LogP contribution in [0.3, 0.4) is 0 Å². The lowest BCUT2D eigenvalue weighted by molar-refractivity contribution is 0.330. The number of likely N-dealkylation sites (tertiary alicyclic amines) is 1. The first-order valence-corrected chi connectivity index (χ1v) is 8.96. The molecule has 128 valence electrons. The van der Waals surface area contributed by atoms with Gasteiger partial charge in [0.2, 0.25) is 0 Å². The van der Waals surface area contributed by atoms with Crippen LogP contribution in [0.1, 0.15) is 31.2 Å². The SMILES string of the molecule is CN=C(NCCCCN1CCCC1)N(C)Cc1ccccc1Cl. The van der Waals surface area contributed by atoms with Gasteiger partial charge in [-0.05, 0) is 56.9 Å². The van der Waals surface area contributed by atoms with E-state index in [0.29, 0.717) is 0 Å². The summed E-state index contributed by atoms with van der Waals surface area (Å²) in [4.78, 5) is 9.05. The molecule has 1 heterocycles. The number of halogens is 1. The van der Waals surface area contributed by atoms with Crippen molar-refractivity contribution in [2.24, 2.45) is 4.99 Å². The maximum atomic E-state index is 6.23. The molecule has 23 heavy (non-hydrogen) atoms. The summed E-state index contributed by atoms with van der Waals surface area (Å²) in [6.07, 6.45) is 5.17. The maximum Gasteiger partial charge on any atom is 0.193 e. The molecule has 0 radical (unpaired) electrons. The van der Waals surface area contributed by atoms with E-state index in [1.807, 2.05) is 32.3 Å². The van der Waals surface area contributed by atoms with Crippen LogP contribution in [0.2, 0.25) is 5.02 Å². The zero-order valence-electron chi connectivity index (χ0n) is 14.4. The van der Waals surface area contributed by atoms with Crippen molar-refractivity contribution in [2.75, 3.05) is 40.3 Å². The van der Waals surface area contributed by atoms with Gasteiger partial charge in [-0.2, -0.15) is 0 Å². The van der Waals surface area contributed by atoms with E-state index in [1.54, 1.807) is 0 Å². The molecule has 0 saturated carbocycles. The molecule has 2 rings (SSSR count). The summed E-state index contributed by atoms with van der Waals surface area (Å²) >= 11 is 6.23. The molecule has 4 nitrogen and oxygen atoms in total. The fourth-order valence-electron chi connectivity index (χ4n) is 3.01. The molecular weight excluding hydrogens is 308 g/mol. The van der Waals surface area contributed by atoms with Crippen molar-refractivity contribution in [2.45, 2.75) is 32.2 Å². The highest BCUT2D eigenvalue weighted by molar-refractivity contribution is 6.31. The number of aliphatic imine (C=N–C) groups is 1. The molecule has 0 bridgehead atoms. The molecule has 1 aromatic rings. The van der Waals surface area contributed by atoms with E-state index >= 15 is 0 Å². The number of hydrogen-bond acceptors (Lipinski definition) is 2. The van der Waals surface area contributed by atoms with Crippen LogP contribution < -0.4 is 5.32 Å². The Morgan fingerprint density at radius 1 is 1.26 bits per heavy atom. The zero-order valence-corrected chi connectivity index (χ0v) is 15.1. The standard InChI is InChI=1S/C18H29ClN4/c1-20-18(21-11-5-6-12-23-13-7-8-14-23)22(2)15-16-9-3-4-10-17(16)19/h3-4,9-10H,5-8,11-15H2,1-2H3,(H,20,21). The van der Waals surface area contributed by atoms with Crippen molar-refractivity contribution in [3.63, 3.8) is 0 Å². The third-order valence-corrected chi connectivity index (χ3v) is 4.69. The lowest BCUT2D eigenvalue weighted by Crippen LogP contribution is -2.39. The van der Waals surface area contributed by atoms with Crippen molar-refractivity contribution in [1.29, 1.82) is 0 Å². The highest BCUT2D eigenvalue weighted by atomic mass is 35.5. The number of hydrogen-bond donors (Lipinski definition) is 1. The lowest BCUT2D eigenvalue weighted by Gasteiger charge is -2.23. The minimum atomic E-state index is 0.757. The molecular formula is C18H29ClN4. The van der Waals surface area contributed by atoms with Crippen LogP contribution in [0.25, 0.3) is 0 Å². The quantitative estimate of drug-likeness (QED) is 0.471. The second kappa shape index (κ2) is 9.78. The third-order valence-electron chi connectivity index (χ3n) is 4.32. The molecule has 1 N–H and O–H groups in total. The topological polar surface area (TPSA) is 30.9 Å². The summed E-state index contributed by atoms with van der Waals surface area (Å²) < 4.78 is 0. The number of rotatable bonds is 7. The fourth-order valence-corrected chi connectivity index (χ4v) is 3.20. The zero-order chi connectivity index (χ0) is 16.5. The van der Waals surface area contributed by atoms with Gasteiger partial charge in [0.25, 0.3) is 0 Å². The second-order valence-electron chi connectivity index (χ2n) is 6.18. The highest BCUT2D eigenvalue weighted by Crippen LogP contribution is 2.16. The summed E-state index contributed by atoms with van der Waals surface area (Å²) in [5, 5.41) is 4.25. The highest BCUT2D eigenvalue weighted by Gasteiger charge is 2.11. The third kappa shape index (κ3) is 6.04. The van der Waals surface area contributed by atoms with Gasteiger partial charge < -0.3 is 15.1 Å². The van der Waals surface area contributed by atoms with Crippen molar-refractivity contribution in [3.05, 3.63) is 34.9 Å². The van der Waals surface area contributed by atoms with Crippen LogP contribution in [-0.4, -0.2) is 56.0 Å². The van der Waals surface area contributed by atoms with E-state index < -0.39 is 0 Å². The Hall–Kier alpha value is -1.26. The lowest BCUT2D eigenvalue weighted by atomic mass is 10.2. The van der Waals surface area contributed by atoms with Crippen molar-refractivity contribution >= 4 is 17.6 Å². The van der Waals surface area contributed by atoms with Crippen LogP contribution in [0.4, 0.5) is 0 Å². The van der Waals surface area contributed by atoms with Crippen LogP contribution in [0.15, 0.2) is 29.3 Å². The summed E-state index contributed by atoms with van der Waals surface area (Å²) in [5.74, 6) is 0.922. The van der Waals surface area contributed by atoms with E-state index in [4.69, 9.17) is 11.6 Å². The molecule has 0 aromatic heterocycles. The van der Waals surface area contributed by atoms with Gasteiger partial charge in [-0.15, -0.1) is 0 Å². The molecule has 1 aliphatic heterocycles. The maximum absolute atomic E-state index is 6.23. The van der Waals surface area contributed by atoms with E-state index in [2.05, 4.69) is 26.2 Å². The van der Waals surface area contributed by atoms with Crippen molar-refractivity contribution in [1.82, 2.24) is 15.1 Å². The van der Waals surface area contributed by atoms with Crippen molar-refractivity contribution < 1.29 is 0 Å². The Kier molecular flexibility index (Phi) is 7.69. The van der Waals surface area contributed by atoms with Crippen LogP contribution in [-0.2, 0) is 6.54 Å². The molecule has 0 unspecified atom stereocenters. The first-order chi connectivity index (χ1) is 11.2. The van der Waals surface area contributed by atoms with Gasteiger partial charge >= 0.3 is 0 Å². The van der Waals surface area contributed by atoms with E-state index in [9.17, 15) is 0 Å². The molecule has 0 spiro atoms. The van der Waals surface area contributed by atoms with E-state index in [0.717, 1.165) is 29.6 Å². The first-order valence-electron chi connectivity index (χ1n) is 8.58. The molecule has 1 saturated heterocycles. The predicted octanol–water partition coefficient (Wildman–Crippen LogP) is 3.22. The minimum Gasteiger partial charge on any atom is -0.356 e. The van der Waals surface area contributed by atoms with Crippen molar-refractivity contribution in [3.8, 4) is 0 Å². The molecule has 1 aromatic carbocycles. The molecule has 1 aliphatic rings. The average Bonchev–Trinajstić information content (AvgIpc) is 3.06. The molecule has 0 amide bonds. The summed E-state index contributed by atoms with van der Waals surface area (Å²) in [6.45, 7) is 5.53. The number of nitrogens with one attached hydrogen (secondary N) is 1. The Balaban J connectivity index is 1.68. The number of benzene rings is 1. The summed E-state index contributed by atoms with van der Waals surface area (Å²) in [6, 6.07) is 7.96. The summed E-state index contributed by atoms with van der Waals surface area (Å²) in [5.41, 5.74) is 1.12. The van der Waals surface area contributed by atoms with Gasteiger partial charge in [-0.25, -0.2) is 0 Å². The Bertz CT molecular complexity index is 498. The number of nitrogens with zero attached hydrogens (tertiary/aromatic N) is 3. The molecule has 1 fully saturated rings. The fraction of sp³-hybridized carbons (Fsp3) is 0.611. The predicted molar refractivity (Wildman–Crippen MR) is 99.2 cm³/mol. The Morgan fingerprint density at radius 3 is 2.70 bits per heavy atom. The number of guanidine groups is 1. The van der Waals surface area contributed by atoms with E-state index in [-0.39, 0.29) is 0 Å². The van der Waals surface area contributed by atoms with Gasteiger partial charge in [-0.3, -0.25) is 4.99 Å². The minimum absolute atomic E-state index is 0.757. The molecule has 5 heteroatoms. The van der Waals surface area contributed by atoms with E-state index in [1.165, 1.54) is 45.3 Å². The van der Waals surface area contributed by atoms with Crippen LogP contribution in [0.5, 0.6) is 0 Å². The first kappa shape index (κ1) is 18.1. The normalized spacial score (nSPS) is 15.9. The van der Waals surface area contributed by atoms with Crippen LogP contribution >= 0.6 is 11.6 Å². The van der Waals surface area contributed by atoms with Gasteiger partial charge in [0.05, 0.1) is 0 Å². The molecule has 0 aliphatic carbocycles. The van der Waals surface area contributed by atoms with Gasteiger partial charge in [0.15, 0.2) is 5.96 Å². The monoisotopic (exact) mass is 336 g/mol. The van der Waals surface area contributed by atoms with Gasteiger partial charge in [0, 0.05) is 32.2 Å². The van der Waals surface area contributed by atoms with Gasteiger partial charge in [-0.1, -0.05) is 29.8 Å². The summed E-state index contributed by atoms with van der Waals surface area (Å²) in [7, 11) is 3.87. The number of unbranched alkanes of at least 4 members (excludes halogenated alkanes) is 1. The van der Waals surface area contributed by atoms with Crippen LogP contribution in [0, 0.1) is 0 Å². The Morgan fingerprint density at radius 2 is 2.00 bits per heavy atom. The second-order valence-corrected chi connectivity index (χ2v) is 6.58. The average molecular weight is 337 g/mol. The smallest absolute Gasteiger partial charge is 0.193 e. The largest absolute Gasteiger partial charge is 0.356 e. The molecule has 0 atom stereocenters. The Labute approximate surface area is 145 Å². The van der Waals surface area contributed by atoms with Gasteiger partial charge in [0.1, 0.15) is 0 Å².